The van der Waals surface area contributed by atoms with Gasteiger partial charge in [0.05, 0.1) is 5.52 Å². The average molecular weight is 570 g/mol. The van der Waals surface area contributed by atoms with Crippen LogP contribution in [0.3, 0.4) is 0 Å². The van der Waals surface area contributed by atoms with Gasteiger partial charge in [-0.05, 0) is 60.4 Å². The zero-order valence-corrected chi connectivity index (χ0v) is 24.5. The number of carbonyl (C=O) groups is 1. The number of amides is 1. The van der Waals surface area contributed by atoms with Crippen molar-refractivity contribution in [2.75, 3.05) is 20.4 Å². The van der Waals surface area contributed by atoms with Gasteiger partial charge >= 0.3 is 0 Å². The Labute approximate surface area is 241 Å². The zero-order valence-electron chi connectivity index (χ0n) is 23.6. The van der Waals surface area contributed by atoms with E-state index in [1.807, 2.05) is 37.3 Å². The molecule has 3 aliphatic carbocycles. The molecule has 8 rings (SSSR count). The summed E-state index contributed by atoms with van der Waals surface area (Å²) in [6.07, 6.45) is 7.50. The maximum atomic E-state index is 16.6. The van der Waals surface area contributed by atoms with Crippen molar-refractivity contribution in [2.24, 2.45) is 11.8 Å². The number of aromatic nitrogens is 4. The molecule has 0 spiro atoms. The second-order valence-electron chi connectivity index (χ2n) is 11.8. The fraction of sp³-hybridized carbons (Fsp3) is 0.375. The number of carbonyl (C=O) groups excluding carboxylic acids is 1. The Balaban J connectivity index is 1.50. The Kier molecular flexibility index (Phi) is 6.28. The molecule has 3 unspecified atom stereocenters. The van der Waals surface area contributed by atoms with Crippen LogP contribution in [0, 0.1) is 24.6 Å². The number of halogens is 1. The molecule has 7 nitrogen and oxygen atoms in total. The third-order valence-corrected chi connectivity index (χ3v) is 9.85. The SMILES string of the molecule is Cc1cc(-c2ncc3c(nc([S+](C)[O-])c4nc(CCC(=O)N(C)C)n(C5C6CCC5C6)c43)c2F)c2ccccc2c1. The number of rotatable bonds is 6. The van der Waals surface area contributed by atoms with Gasteiger partial charge in [-0.2, -0.15) is 4.98 Å². The first-order chi connectivity index (χ1) is 19.7. The van der Waals surface area contributed by atoms with Crippen molar-refractivity contribution in [1.82, 2.24) is 24.4 Å². The maximum Gasteiger partial charge on any atom is 0.273 e. The number of aryl methyl sites for hydroxylation is 2. The largest absolute Gasteiger partial charge is 0.610 e. The summed E-state index contributed by atoms with van der Waals surface area (Å²) in [5.41, 5.74) is 3.35. The van der Waals surface area contributed by atoms with Gasteiger partial charge in [0.15, 0.2) is 11.3 Å². The number of hydrogen-bond acceptors (Lipinski definition) is 5. The predicted molar refractivity (Wildman–Crippen MR) is 160 cm³/mol. The standard InChI is InChI=1S/C32H32FN5O2S/c1-17-13-18-7-5-6-8-21(18)22(14-17)27-26(33)28-23(16-34-27)31-29(32(36-28)41(4)40)35-24(11-12-25(39)37(2)3)38(31)30-19-9-10-20(30)15-19/h5-8,13-14,16,19-20,30H,9-12,15H2,1-4H3. The molecule has 41 heavy (non-hydrogen) atoms. The van der Waals surface area contributed by atoms with E-state index in [0.29, 0.717) is 41.1 Å². The molecule has 0 radical (unpaired) electrons. The van der Waals surface area contributed by atoms with E-state index in [4.69, 9.17) is 9.97 Å². The number of pyridine rings is 2. The smallest absolute Gasteiger partial charge is 0.273 e. The minimum atomic E-state index is -1.51. The predicted octanol–water partition coefficient (Wildman–Crippen LogP) is 5.98. The first-order valence-corrected chi connectivity index (χ1v) is 15.7. The van der Waals surface area contributed by atoms with E-state index in [9.17, 15) is 9.35 Å². The van der Waals surface area contributed by atoms with Crippen molar-refractivity contribution in [3.05, 3.63) is 59.8 Å². The van der Waals surface area contributed by atoms with E-state index in [0.717, 1.165) is 40.5 Å². The molecule has 3 saturated carbocycles. The molecule has 5 aromatic rings. The normalized spacial score (nSPS) is 20.6. The van der Waals surface area contributed by atoms with Crippen molar-refractivity contribution in [2.45, 2.75) is 50.1 Å². The lowest BCUT2D eigenvalue weighted by atomic mass is 9.78. The van der Waals surface area contributed by atoms with E-state index >= 15 is 4.39 Å². The quantitative estimate of drug-likeness (QED) is 0.235. The van der Waals surface area contributed by atoms with Gasteiger partial charge in [-0.1, -0.05) is 30.3 Å². The Morgan fingerprint density at radius 1 is 1.12 bits per heavy atom. The van der Waals surface area contributed by atoms with Crippen LogP contribution in [0.4, 0.5) is 4.39 Å². The van der Waals surface area contributed by atoms with Crippen LogP contribution in [0.1, 0.15) is 43.1 Å². The third-order valence-electron chi connectivity index (χ3n) is 9.02. The molecule has 210 valence electrons. The van der Waals surface area contributed by atoms with Gasteiger partial charge in [-0.25, -0.2) is 9.37 Å². The molecule has 0 aliphatic heterocycles. The number of benzene rings is 2. The van der Waals surface area contributed by atoms with E-state index in [1.54, 1.807) is 31.4 Å². The van der Waals surface area contributed by atoms with Gasteiger partial charge < -0.3 is 14.0 Å². The number of fused-ring (bicyclic) bond motifs is 5. The Morgan fingerprint density at radius 3 is 2.59 bits per heavy atom. The molecule has 3 atom stereocenters. The maximum absolute atomic E-state index is 16.6. The lowest BCUT2D eigenvalue weighted by Gasteiger charge is -2.38. The molecular formula is C32H32FN5O2S. The summed E-state index contributed by atoms with van der Waals surface area (Å²) < 4.78 is 31.9. The van der Waals surface area contributed by atoms with Crippen LogP contribution >= 0.6 is 0 Å². The first-order valence-electron chi connectivity index (χ1n) is 14.1. The molecule has 1 amide bonds. The average Bonchev–Trinajstić information content (AvgIpc) is 3.67. The van der Waals surface area contributed by atoms with Crippen molar-refractivity contribution in [3.63, 3.8) is 0 Å². The highest BCUT2D eigenvalue weighted by molar-refractivity contribution is 7.90. The second kappa shape index (κ2) is 9.77. The highest BCUT2D eigenvalue weighted by Gasteiger charge is 2.49. The highest BCUT2D eigenvalue weighted by atomic mass is 32.2. The highest BCUT2D eigenvalue weighted by Crippen LogP contribution is 2.58. The van der Waals surface area contributed by atoms with Crippen LogP contribution in [0.2, 0.25) is 0 Å². The third kappa shape index (κ3) is 4.12. The van der Waals surface area contributed by atoms with Gasteiger partial charge in [0.2, 0.25) is 5.91 Å². The van der Waals surface area contributed by atoms with Crippen molar-refractivity contribution >= 4 is 49.8 Å². The van der Waals surface area contributed by atoms with Crippen molar-refractivity contribution in [3.8, 4) is 11.3 Å². The molecule has 0 N–H and O–H groups in total. The van der Waals surface area contributed by atoms with E-state index < -0.39 is 17.0 Å². The van der Waals surface area contributed by atoms with Crippen LogP contribution in [0.5, 0.6) is 0 Å². The molecule has 0 saturated heterocycles. The summed E-state index contributed by atoms with van der Waals surface area (Å²) in [4.78, 5) is 28.4. The number of nitrogens with zero attached hydrogens (tertiary/aromatic N) is 5. The minimum absolute atomic E-state index is 0.0187. The van der Waals surface area contributed by atoms with Crippen molar-refractivity contribution < 1.29 is 13.7 Å². The van der Waals surface area contributed by atoms with Crippen LogP contribution in [0.15, 0.2) is 47.6 Å². The summed E-state index contributed by atoms with van der Waals surface area (Å²) in [5, 5.41) is 2.76. The number of hydrogen-bond donors (Lipinski definition) is 0. The van der Waals surface area contributed by atoms with Gasteiger partial charge in [0.25, 0.3) is 5.03 Å². The number of imidazole rings is 1. The Bertz CT molecular complexity index is 1850. The zero-order chi connectivity index (χ0) is 28.6. The lowest BCUT2D eigenvalue weighted by molar-refractivity contribution is -0.128. The summed E-state index contributed by atoms with van der Waals surface area (Å²) >= 11 is -1.51. The minimum Gasteiger partial charge on any atom is -0.610 e. The summed E-state index contributed by atoms with van der Waals surface area (Å²) in [6.45, 7) is 1.99. The second-order valence-corrected chi connectivity index (χ2v) is 13.1. The molecule has 2 aromatic carbocycles. The van der Waals surface area contributed by atoms with Crippen LogP contribution in [0.25, 0.3) is 44.0 Å². The molecule has 3 aromatic heterocycles. The van der Waals surface area contributed by atoms with Crippen LogP contribution in [-0.2, 0) is 22.4 Å². The molecule has 3 fully saturated rings. The summed E-state index contributed by atoms with van der Waals surface area (Å²) in [5.74, 6) is 1.31. The Morgan fingerprint density at radius 2 is 1.88 bits per heavy atom. The van der Waals surface area contributed by atoms with Crippen LogP contribution < -0.4 is 0 Å². The topological polar surface area (TPSA) is 87.0 Å². The molecule has 3 aliphatic rings. The monoisotopic (exact) mass is 569 g/mol. The van der Waals surface area contributed by atoms with Gasteiger partial charge in [0, 0.05) is 61.3 Å². The van der Waals surface area contributed by atoms with Gasteiger partial charge in [-0.15, -0.1) is 0 Å². The Hall–Kier alpha value is -3.56. The van der Waals surface area contributed by atoms with Crippen LogP contribution in [-0.4, -0.2) is 55.2 Å². The van der Waals surface area contributed by atoms with Crippen molar-refractivity contribution in [1.29, 1.82) is 0 Å². The molecule has 3 heterocycles. The molecule has 2 bridgehead atoms. The van der Waals surface area contributed by atoms with E-state index in [1.165, 1.54) is 6.42 Å². The van der Waals surface area contributed by atoms with Gasteiger partial charge in [0.1, 0.15) is 23.3 Å². The van der Waals surface area contributed by atoms with E-state index in [2.05, 4.69) is 15.6 Å². The fourth-order valence-corrected chi connectivity index (χ4v) is 7.70. The van der Waals surface area contributed by atoms with E-state index in [-0.39, 0.29) is 28.2 Å². The molecular weight excluding hydrogens is 537 g/mol. The fourth-order valence-electron chi connectivity index (χ4n) is 7.07. The first kappa shape index (κ1) is 26.3. The van der Waals surface area contributed by atoms with Gasteiger partial charge in [-0.3, -0.25) is 9.78 Å². The lowest BCUT2D eigenvalue weighted by Crippen LogP contribution is -2.32. The summed E-state index contributed by atoms with van der Waals surface area (Å²) in [7, 11) is 3.49. The molecule has 9 heteroatoms. The summed E-state index contributed by atoms with van der Waals surface area (Å²) in [6, 6.07) is 12.2.